The Morgan fingerprint density at radius 1 is 1.33 bits per heavy atom. The number of guanidine groups is 1. The summed E-state index contributed by atoms with van der Waals surface area (Å²) in [5.74, 6) is 1.78. The zero-order valence-corrected chi connectivity index (χ0v) is 14.7. The Bertz CT molecular complexity index is 532. The summed E-state index contributed by atoms with van der Waals surface area (Å²) in [5.41, 5.74) is 1.01. The van der Waals surface area contributed by atoms with E-state index in [1.165, 1.54) is 19.3 Å². The van der Waals surface area contributed by atoms with Crippen LogP contribution in [0.2, 0.25) is 0 Å². The van der Waals surface area contributed by atoms with Gasteiger partial charge >= 0.3 is 0 Å². The third-order valence-corrected chi connectivity index (χ3v) is 4.76. The van der Waals surface area contributed by atoms with Crippen LogP contribution in [0, 0.1) is 5.92 Å². The Hall–Kier alpha value is -1.82. The summed E-state index contributed by atoms with van der Waals surface area (Å²) in [6.07, 6.45) is 9.89. The molecule has 6 nitrogen and oxygen atoms in total. The summed E-state index contributed by atoms with van der Waals surface area (Å²) >= 11 is 0. The molecule has 6 heteroatoms. The van der Waals surface area contributed by atoms with Gasteiger partial charge in [0.1, 0.15) is 6.26 Å². The number of aliphatic imine (C=N–C) groups is 1. The van der Waals surface area contributed by atoms with E-state index in [0.717, 1.165) is 57.5 Å². The molecule has 3 rings (SSSR count). The number of nitrogens with zero attached hydrogens (tertiary/aromatic N) is 4. The lowest BCUT2D eigenvalue weighted by Crippen LogP contribution is -2.52. The first-order valence-electron chi connectivity index (χ1n) is 9.15. The van der Waals surface area contributed by atoms with Gasteiger partial charge in [0.25, 0.3) is 0 Å². The van der Waals surface area contributed by atoms with Crippen LogP contribution in [0.1, 0.15) is 31.9 Å². The molecule has 1 fully saturated rings. The maximum atomic E-state index is 4.92. The van der Waals surface area contributed by atoms with Crippen molar-refractivity contribution in [3.05, 3.63) is 30.2 Å². The molecule has 2 heterocycles. The molecule has 1 aliphatic heterocycles. The molecule has 1 unspecified atom stereocenters. The van der Waals surface area contributed by atoms with Gasteiger partial charge in [-0.1, -0.05) is 17.3 Å². The van der Waals surface area contributed by atoms with E-state index in [2.05, 4.69) is 39.3 Å². The second-order valence-electron chi connectivity index (χ2n) is 6.60. The minimum Gasteiger partial charge on any atom is -0.364 e. The Morgan fingerprint density at radius 3 is 2.88 bits per heavy atom. The molecule has 1 aliphatic carbocycles. The normalized spacial score (nSPS) is 22.8. The second-order valence-corrected chi connectivity index (χ2v) is 6.60. The molecule has 0 amide bonds. The van der Waals surface area contributed by atoms with Gasteiger partial charge in [0, 0.05) is 51.9 Å². The molecule has 0 radical (unpaired) electrons. The first kappa shape index (κ1) is 17.0. The molecule has 1 N–H and O–H groups in total. The predicted octanol–water partition coefficient (Wildman–Crippen LogP) is 2.11. The van der Waals surface area contributed by atoms with Crippen LogP contribution in [0.3, 0.4) is 0 Å². The molecule has 1 saturated heterocycles. The molecule has 132 valence electrons. The third kappa shape index (κ3) is 4.84. The molecule has 0 spiro atoms. The number of hydrogen-bond acceptors (Lipinski definition) is 4. The fourth-order valence-corrected chi connectivity index (χ4v) is 3.33. The molecule has 1 aromatic rings. The van der Waals surface area contributed by atoms with Gasteiger partial charge in [-0.05, 0) is 32.1 Å². The fraction of sp³-hybridized carbons (Fsp3) is 0.667. The van der Waals surface area contributed by atoms with Crippen molar-refractivity contribution in [2.24, 2.45) is 10.9 Å². The van der Waals surface area contributed by atoms with Gasteiger partial charge in [-0.15, -0.1) is 0 Å². The van der Waals surface area contributed by atoms with Crippen LogP contribution in [-0.2, 0) is 6.54 Å². The van der Waals surface area contributed by atoms with Crippen LogP contribution < -0.4 is 5.32 Å². The number of rotatable bonds is 5. The van der Waals surface area contributed by atoms with Gasteiger partial charge in [0.15, 0.2) is 5.96 Å². The molecule has 0 bridgehead atoms. The van der Waals surface area contributed by atoms with Gasteiger partial charge in [0.05, 0.1) is 5.69 Å². The highest BCUT2D eigenvalue weighted by Gasteiger charge is 2.20. The average Bonchev–Trinajstić information content (AvgIpc) is 3.13. The topological polar surface area (TPSA) is 56.9 Å². The fourth-order valence-electron chi connectivity index (χ4n) is 3.33. The van der Waals surface area contributed by atoms with E-state index in [1.54, 1.807) is 6.26 Å². The smallest absolute Gasteiger partial charge is 0.194 e. The average molecular weight is 331 g/mol. The highest BCUT2D eigenvalue weighted by atomic mass is 16.5. The van der Waals surface area contributed by atoms with Crippen molar-refractivity contribution in [1.29, 1.82) is 0 Å². The van der Waals surface area contributed by atoms with Gasteiger partial charge in [0.2, 0.25) is 0 Å². The number of hydrogen-bond donors (Lipinski definition) is 1. The third-order valence-electron chi connectivity index (χ3n) is 4.76. The van der Waals surface area contributed by atoms with Crippen LogP contribution in [0.25, 0.3) is 0 Å². The molecular formula is C18H29N5O. The van der Waals surface area contributed by atoms with Gasteiger partial charge in [-0.2, -0.15) is 0 Å². The number of aromatic nitrogens is 1. The number of piperazine rings is 1. The van der Waals surface area contributed by atoms with Crippen molar-refractivity contribution >= 4 is 5.96 Å². The summed E-state index contributed by atoms with van der Waals surface area (Å²) < 4.78 is 4.92. The molecule has 1 atom stereocenters. The van der Waals surface area contributed by atoms with Gasteiger partial charge in [-0.3, -0.25) is 9.89 Å². The van der Waals surface area contributed by atoms with Gasteiger partial charge in [-0.25, -0.2) is 0 Å². The highest BCUT2D eigenvalue weighted by Crippen LogP contribution is 2.18. The van der Waals surface area contributed by atoms with E-state index in [9.17, 15) is 0 Å². The Balaban J connectivity index is 1.50. The summed E-state index contributed by atoms with van der Waals surface area (Å²) in [6.45, 7) is 8.94. The van der Waals surface area contributed by atoms with Crippen LogP contribution in [0.4, 0.5) is 0 Å². The zero-order chi connectivity index (χ0) is 16.6. The quantitative estimate of drug-likeness (QED) is 0.509. The van der Waals surface area contributed by atoms with Crippen molar-refractivity contribution in [3.8, 4) is 0 Å². The maximum absolute atomic E-state index is 4.92. The second kappa shape index (κ2) is 8.87. The van der Waals surface area contributed by atoms with Crippen LogP contribution in [-0.4, -0.2) is 60.2 Å². The lowest BCUT2D eigenvalue weighted by Gasteiger charge is -2.36. The van der Waals surface area contributed by atoms with Crippen molar-refractivity contribution in [2.75, 3.05) is 39.3 Å². The first-order valence-corrected chi connectivity index (χ1v) is 9.15. The SMILES string of the molecule is CCNC(=NCC1CC=CCC1)N1CCN(Cc2ccon2)CC1. The lowest BCUT2D eigenvalue weighted by atomic mass is 9.95. The monoisotopic (exact) mass is 331 g/mol. The lowest BCUT2D eigenvalue weighted by molar-refractivity contribution is 0.169. The molecule has 0 saturated carbocycles. The van der Waals surface area contributed by atoms with Crippen molar-refractivity contribution in [2.45, 2.75) is 32.7 Å². The molecule has 0 aromatic carbocycles. The summed E-state index contributed by atoms with van der Waals surface area (Å²) in [4.78, 5) is 9.72. The largest absolute Gasteiger partial charge is 0.364 e. The maximum Gasteiger partial charge on any atom is 0.194 e. The zero-order valence-electron chi connectivity index (χ0n) is 14.7. The van der Waals surface area contributed by atoms with E-state index in [4.69, 9.17) is 9.52 Å². The summed E-state index contributed by atoms with van der Waals surface area (Å²) in [7, 11) is 0. The predicted molar refractivity (Wildman–Crippen MR) is 95.8 cm³/mol. The van der Waals surface area contributed by atoms with Crippen molar-refractivity contribution < 1.29 is 4.52 Å². The minimum atomic E-state index is 0.706. The Labute approximate surface area is 144 Å². The molecule has 2 aliphatic rings. The van der Waals surface area contributed by atoms with Crippen LogP contribution >= 0.6 is 0 Å². The van der Waals surface area contributed by atoms with E-state index in [0.29, 0.717) is 5.92 Å². The van der Waals surface area contributed by atoms with Gasteiger partial charge < -0.3 is 14.7 Å². The van der Waals surface area contributed by atoms with Crippen LogP contribution in [0.15, 0.2) is 34.0 Å². The number of nitrogens with one attached hydrogen (secondary N) is 1. The Morgan fingerprint density at radius 2 is 2.21 bits per heavy atom. The van der Waals surface area contributed by atoms with E-state index in [-0.39, 0.29) is 0 Å². The number of allylic oxidation sites excluding steroid dienone is 2. The molecule has 1 aromatic heterocycles. The highest BCUT2D eigenvalue weighted by molar-refractivity contribution is 5.80. The summed E-state index contributed by atoms with van der Waals surface area (Å²) in [5, 5.41) is 7.47. The standard InChI is InChI=1S/C18H29N5O/c1-2-19-18(20-14-16-6-4-3-5-7-16)23-11-9-22(10-12-23)15-17-8-13-24-21-17/h3-4,8,13,16H,2,5-7,9-12,14-15H2,1H3,(H,19,20). The van der Waals surface area contributed by atoms with Crippen LogP contribution in [0.5, 0.6) is 0 Å². The van der Waals surface area contributed by atoms with Crippen molar-refractivity contribution in [3.63, 3.8) is 0 Å². The summed E-state index contributed by atoms with van der Waals surface area (Å²) in [6, 6.07) is 1.94. The van der Waals surface area contributed by atoms with Crippen molar-refractivity contribution in [1.82, 2.24) is 20.3 Å². The van der Waals surface area contributed by atoms with E-state index < -0.39 is 0 Å². The molecule has 24 heavy (non-hydrogen) atoms. The minimum absolute atomic E-state index is 0.706. The molecular weight excluding hydrogens is 302 g/mol. The Kier molecular flexibility index (Phi) is 6.29. The van der Waals surface area contributed by atoms with E-state index in [1.807, 2.05) is 6.07 Å². The first-order chi connectivity index (χ1) is 11.8. The van der Waals surface area contributed by atoms with E-state index >= 15 is 0 Å².